The minimum Gasteiger partial charge on any atom is -0.314 e. The first-order chi connectivity index (χ1) is 9.43. The summed E-state index contributed by atoms with van der Waals surface area (Å²) < 4.78 is 0. The molecule has 19 heavy (non-hydrogen) atoms. The summed E-state index contributed by atoms with van der Waals surface area (Å²) in [6, 6.07) is 8.94. The summed E-state index contributed by atoms with van der Waals surface area (Å²) in [5.74, 6) is 0.716. The van der Waals surface area contributed by atoms with Crippen molar-refractivity contribution in [1.29, 1.82) is 0 Å². The fourth-order valence-electron chi connectivity index (χ4n) is 3.34. The predicted octanol–water partition coefficient (Wildman–Crippen LogP) is 1.56. The quantitative estimate of drug-likeness (QED) is 0.859. The van der Waals surface area contributed by atoms with Crippen LogP contribution in [-0.2, 0) is 6.54 Å². The van der Waals surface area contributed by atoms with Crippen molar-refractivity contribution in [3.8, 4) is 0 Å². The van der Waals surface area contributed by atoms with Crippen LogP contribution in [0.25, 0.3) is 0 Å². The van der Waals surface area contributed by atoms with Gasteiger partial charge in [-0.2, -0.15) is 0 Å². The summed E-state index contributed by atoms with van der Waals surface area (Å²) in [7, 11) is 0. The number of nitrogens with one attached hydrogen (secondary N) is 2. The number of nitrogens with zero attached hydrogens (tertiary/aromatic N) is 1. The van der Waals surface area contributed by atoms with Gasteiger partial charge >= 0.3 is 0 Å². The maximum absolute atomic E-state index is 3.56. The first-order valence-corrected chi connectivity index (χ1v) is 7.65. The van der Waals surface area contributed by atoms with Crippen LogP contribution in [0.2, 0.25) is 0 Å². The van der Waals surface area contributed by atoms with Crippen molar-refractivity contribution in [2.75, 3.05) is 39.3 Å². The van der Waals surface area contributed by atoms with E-state index in [4.69, 9.17) is 0 Å². The molecule has 1 fully saturated rings. The van der Waals surface area contributed by atoms with Gasteiger partial charge in [-0.3, -0.25) is 0 Å². The maximum Gasteiger partial charge on any atom is 0.0208 e. The molecule has 2 aliphatic heterocycles. The SMILES string of the molecule is c1ccc2c(c1)CNCC2CCCN1CCNCC1. The molecular weight excluding hydrogens is 234 g/mol. The largest absolute Gasteiger partial charge is 0.314 e. The van der Waals surface area contributed by atoms with Gasteiger partial charge < -0.3 is 15.5 Å². The Morgan fingerprint density at radius 1 is 1.11 bits per heavy atom. The van der Waals surface area contributed by atoms with E-state index in [1.807, 2.05) is 0 Å². The van der Waals surface area contributed by atoms with E-state index in [2.05, 4.69) is 39.8 Å². The first kappa shape index (κ1) is 13.1. The van der Waals surface area contributed by atoms with Crippen molar-refractivity contribution < 1.29 is 0 Å². The molecule has 2 N–H and O–H groups in total. The van der Waals surface area contributed by atoms with E-state index in [9.17, 15) is 0 Å². The molecule has 0 aliphatic carbocycles. The summed E-state index contributed by atoms with van der Waals surface area (Å²) in [4.78, 5) is 2.60. The van der Waals surface area contributed by atoms with E-state index < -0.39 is 0 Å². The Morgan fingerprint density at radius 3 is 2.84 bits per heavy atom. The minimum absolute atomic E-state index is 0.716. The smallest absolute Gasteiger partial charge is 0.0208 e. The summed E-state index contributed by atoms with van der Waals surface area (Å²) in [5.41, 5.74) is 3.09. The minimum atomic E-state index is 0.716. The highest BCUT2D eigenvalue weighted by molar-refractivity contribution is 5.32. The van der Waals surface area contributed by atoms with Gasteiger partial charge in [0.1, 0.15) is 0 Å². The van der Waals surface area contributed by atoms with Crippen LogP contribution in [0.3, 0.4) is 0 Å². The van der Waals surface area contributed by atoms with Gasteiger partial charge in [0.15, 0.2) is 0 Å². The van der Waals surface area contributed by atoms with E-state index in [-0.39, 0.29) is 0 Å². The van der Waals surface area contributed by atoms with E-state index in [1.54, 1.807) is 5.56 Å². The van der Waals surface area contributed by atoms with Gasteiger partial charge in [0, 0.05) is 39.3 Å². The summed E-state index contributed by atoms with van der Waals surface area (Å²) in [5, 5.41) is 6.97. The number of rotatable bonds is 4. The van der Waals surface area contributed by atoms with Crippen LogP contribution in [0.4, 0.5) is 0 Å². The fourth-order valence-corrected chi connectivity index (χ4v) is 3.34. The molecule has 0 saturated carbocycles. The molecule has 1 atom stereocenters. The van der Waals surface area contributed by atoms with Crippen molar-refractivity contribution in [3.05, 3.63) is 35.4 Å². The molecule has 1 aromatic rings. The van der Waals surface area contributed by atoms with E-state index in [0.29, 0.717) is 5.92 Å². The Bertz CT molecular complexity index is 399. The van der Waals surface area contributed by atoms with Gasteiger partial charge in [0.25, 0.3) is 0 Å². The lowest BCUT2D eigenvalue weighted by Gasteiger charge is -2.29. The summed E-state index contributed by atoms with van der Waals surface area (Å²) in [6.07, 6.45) is 2.63. The Balaban J connectivity index is 1.50. The molecule has 104 valence electrons. The van der Waals surface area contributed by atoms with Crippen molar-refractivity contribution in [2.45, 2.75) is 25.3 Å². The van der Waals surface area contributed by atoms with Gasteiger partial charge in [-0.25, -0.2) is 0 Å². The first-order valence-electron chi connectivity index (χ1n) is 7.65. The van der Waals surface area contributed by atoms with Gasteiger partial charge in [-0.15, -0.1) is 0 Å². The molecule has 1 saturated heterocycles. The van der Waals surface area contributed by atoms with Crippen molar-refractivity contribution in [1.82, 2.24) is 15.5 Å². The van der Waals surface area contributed by atoms with Gasteiger partial charge in [-0.05, 0) is 36.4 Å². The third kappa shape index (κ3) is 3.35. The van der Waals surface area contributed by atoms with Gasteiger partial charge in [-0.1, -0.05) is 24.3 Å². The molecule has 0 radical (unpaired) electrons. The highest BCUT2D eigenvalue weighted by atomic mass is 15.2. The molecule has 0 spiro atoms. The zero-order valence-electron chi connectivity index (χ0n) is 11.7. The average molecular weight is 259 g/mol. The lowest BCUT2D eigenvalue weighted by Crippen LogP contribution is -2.43. The average Bonchev–Trinajstić information content (AvgIpc) is 2.49. The topological polar surface area (TPSA) is 27.3 Å². The molecule has 1 unspecified atom stereocenters. The highest BCUT2D eigenvalue weighted by Gasteiger charge is 2.19. The van der Waals surface area contributed by atoms with Crippen LogP contribution in [-0.4, -0.2) is 44.2 Å². The second-order valence-corrected chi connectivity index (χ2v) is 5.76. The summed E-state index contributed by atoms with van der Waals surface area (Å²) >= 11 is 0. The monoisotopic (exact) mass is 259 g/mol. The molecule has 3 rings (SSSR count). The Hall–Kier alpha value is -0.900. The molecule has 2 aliphatic rings. The normalized spacial score (nSPS) is 24.1. The Morgan fingerprint density at radius 2 is 1.95 bits per heavy atom. The lowest BCUT2D eigenvalue weighted by molar-refractivity contribution is 0.234. The molecular formula is C16H25N3. The number of piperazine rings is 1. The second-order valence-electron chi connectivity index (χ2n) is 5.76. The van der Waals surface area contributed by atoms with E-state index >= 15 is 0 Å². The van der Waals surface area contributed by atoms with Crippen LogP contribution in [0.1, 0.15) is 29.9 Å². The Kier molecular flexibility index (Phi) is 4.49. The third-order valence-corrected chi connectivity index (χ3v) is 4.44. The highest BCUT2D eigenvalue weighted by Crippen LogP contribution is 2.27. The van der Waals surface area contributed by atoms with Crippen molar-refractivity contribution in [2.24, 2.45) is 0 Å². The van der Waals surface area contributed by atoms with Crippen LogP contribution in [0.15, 0.2) is 24.3 Å². The van der Waals surface area contributed by atoms with Crippen molar-refractivity contribution in [3.63, 3.8) is 0 Å². The molecule has 2 heterocycles. The van der Waals surface area contributed by atoms with Crippen LogP contribution < -0.4 is 10.6 Å². The predicted molar refractivity (Wildman–Crippen MR) is 79.4 cm³/mol. The van der Waals surface area contributed by atoms with Crippen LogP contribution in [0.5, 0.6) is 0 Å². The van der Waals surface area contributed by atoms with E-state index in [0.717, 1.165) is 26.2 Å². The lowest BCUT2D eigenvalue weighted by atomic mass is 9.87. The molecule has 3 nitrogen and oxygen atoms in total. The van der Waals surface area contributed by atoms with Crippen LogP contribution in [0, 0.1) is 0 Å². The molecule has 1 aromatic carbocycles. The van der Waals surface area contributed by atoms with E-state index in [1.165, 1.54) is 38.0 Å². The van der Waals surface area contributed by atoms with Crippen molar-refractivity contribution >= 4 is 0 Å². The standard InChI is InChI=1S/C16H25N3/c1-2-6-16-14(4-1)12-18-13-15(16)5-3-9-19-10-7-17-8-11-19/h1-2,4,6,15,17-18H,3,5,7-13H2. The summed E-state index contributed by atoms with van der Waals surface area (Å²) in [6.45, 7) is 8.23. The molecule has 0 bridgehead atoms. The molecule has 3 heteroatoms. The second kappa shape index (κ2) is 6.51. The van der Waals surface area contributed by atoms with Crippen LogP contribution >= 0.6 is 0 Å². The number of fused-ring (bicyclic) bond motifs is 1. The van der Waals surface area contributed by atoms with Gasteiger partial charge in [0.05, 0.1) is 0 Å². The van der Waals surface area contributed by atoms with Gasteiger partial charge in [0.2, 0.25) is 0 Å². The number of hydrogen-bond donors (Lipinski definition) is 2. The molecule has 0 amide bonds. The third-order valence-electron chi connectivity index (χ3n) is 4.44. The fraction of sp³-hybridized carbons (Fsp3) is 0.625. The zero-order chi connectivity index (χ0) is 12.9. The Labute approximate surface area is 116 Å². The molecule has 0 aromatic heterocycles. The maximum atomic E-state index is 3.56. The number of benzene rings is 1. The number of hydrogen-bond acceptors (Lipinski definition) is 3. The zero-order valence-corrected chi connectivity index (χ0v) is 11.7.